The van der Waals surface area contributed by atoms with Crippen LogP contribution in [-0.2, 0) is 6.54 Å². The van der Waals surface area contributed by atoms with Crippen molar-refractivity contribution in [2.45, 2.75) is 25.9 Å². The van der Waals surface area contributed by atoms with Crippen molar-refractivity contribution in [2.75, 3.05) is 7.05 Å². The number of nitriles is 1. The molecule has 5 nitrogen and oxygen atoms in total. The number of hydrogen-bond donors (Lipinski definition) is 2. The molecule has 0 aliphatic carbocycles. The second kappa shape index (κ2) is 4.31. The van der Waals surface area contributed by atoms with Gasteiger partial charge in [0.2, 0.25) is 0 Å². The molecule has 0 fully saturated rings. The Bertz CT molecular complexity index is 659. The fourth-order valence-corrected chi connectivity index (χ4v) is 1.73. The topological polar surface area (TPSA) is 75.7 Å². The summed E-state index contributed by atoms with van der Waals surface area (Å²) in [6, 6.07) is 8.02. The Morgan fingerprint density at radius 3 is 2.67 bits per heavy atom. The van der Waals surface area contributed by atoms with E-state index in [1.54, 1.807) is 0 Å². The van der Waals surface area contributed by atoms with Crippen molar-refractivity contribution < 1.29 is 0 Å². The molecule has 0 spiro atoms. The summed E-state index contributed by atoms with van der Waals surface area (Å²) in [4.78, 5) is 18.6. The molecule has 1 heterocycles. The van der Waals surface area contributed by atoms with E-state index in [2.05, 4.69) is 16.0 Å². The van der Waals surface area contributed by atoms with Crippen LogP contribution in [0.25, 0.3) is 11.0 Å². The van der Waals surface area contributed by atoms with E-state index in [4.69, 9.17) is 5.26 Å². The summed E-state index contributed by atoms with van der Waals surface area (Å²) >= 11 is 0. The van der Waals surface area contributed by atoms with Gasteiger partial charge in [-0.1, -0.05) is 6.07 Å². The Labute approximate surface area is 105 Å². The molecule has 1 aromatic carbocycles. The lowest BCUT2D eigenvalue weighted by Gasteiger charge is -2.28. The number of aromatic nitrogens is 2. The van der Waals surface area contributed by atoms with Gasteiger partial charge in [0.05, 0.1) is 17.1 Å². The zero-order valence-corrected chi connectivity index (χ0v) is 10.7. The summed E-state index contributed by atoms with van der Waals surface area (Å²) in [7, 11) is 1.91. The van der Waals surface area contributed by atoms with E-state index in [-0.39, 0.29) is 5.69 Å². The van der Waals surface area contributed by atoms with Gasteiger partial charge in [0.15, 0.2) is 0 Å². The number of aromatic amines is 2. The van der Waals surface area contributed by atoms with E-state index < -0.39 is 5.54 Å². The molecule has 0 aliphatic heterocycles. The summed E-state index contributed by atoms with van der Waals surface area (Å²) in [5.41, 5.74) is 1.93. The van der Waals surface area contributed by atoms with Crippen molar-refractivity contribution in [3.05, 3.63) is 34.2 Å². The van der Waals surface area contributed by atoms with E-state index in [0.29, 0.717) is 6.54 Å². The molecule has 0 bridgehead atoms. The molecule has 2 rings (SSSR count). The molecule has 0 atom stereocenters. The van der Waals surface area contributed by atoms with Crippen molar-refractivity contribution in [3.8, 4) is 6.07 Å². The first-order chi connectivity index (χ1) is 8.42. The van der Waals surface area contributed by atoms with Crippen molar-refractivity contribution >= 4 is 11.0 Å². The Morgan fingerprint density at radius 2 is 2.00 bits per heavy atom. The van der Waals surface area contributed by atoms with Crippen LogP contribution in [0.15, 0.2) is 23.0 Å². The molecule has 2 aromatic rings. The maximum absolute atomic E-state index is 11.2. The first-order valence-corrected chi connectivity index (χ1v) is 5.76. The molecular weight excluding hydrogens is 228 g/mol. The van der Waals surface area contributed by atoms with Gasteiger partial charge >= 0.3 is 5.69 Å². The number of hydrogen-bond acceptors (Lipinski definition) is 3. The Kier molecular flexibility index (Phi) is 2.97. The Morgan fingerprint density at radius 1 is 1.33 bits per heavy atom. The molecular formula is C13H16N4O. The molecule has 0 radical (unpaired) electrons. The van der Waals surface area contributed by atoms with E-state index >= 15 is 0 Å². The minimum atomic E-state index is -0.513. The monoisotopic (exact) mass is 244 g/mol. The summed E-state index contributed by atoms with van der Waals surface area (Å²) < 4.78 is 0. The molecule has 0 unspecified atom stereocenters. The fraction of sp³-hybridized carbons (Fsp3) is 0.385. The summed E-state index contributed by atoms with van der Waals surface area (Å²) in [5.74, 6) is 0. The van der Waals surface area contributed by atoms with Crippen molar-refractivity contribution in [1.82, 2.24) is 14.9 Å². The number of nitrogens with one attached hydrogen (secondary N) is 2. The summed E-state index contributed by atoms with van der Waals surface area (Å²) in [6.45, 7) is 4.41. The third-order valence-corrected chi connectivity index (χ3v) is 3.23. The van der Waals surface area contributed by atoms with Gasteiger partial charge in [-0.25, -0.2) is 4.79 Å². The normalized spacial score (nSPS) is 11.9. The standard InChI is InChI=1S/C13H16N4O/c1-13(2,8-14)17(3)7-9-4-5-10-11(6-9)16-12(18)15-10/h4-6H,7H2,1-3H3,(H2,15,16,18). The molecule has 0 aliphatic rings. The van der Waals surface area contributed by atoms with E-state index in [9.17, 15) is 4.79 Å². The SMILES string of the molecule is CN(Cc1ccc2[nH]c(=O)[nH]c2c1)C(C)(C)C#N. The number of rotatable bonds is 3. The number of nitrogens with zero attached hydrogens (tertiary/aromatic N) is 2. The molecule has 1 aromatic heterocycles. The maximum Gasteiger partial charge on any atom is 0.323 e. The molecule has 18 heavy (non-hydrogen) atoms. The molecule has 2 N–H and O–H groups in total. The van der Waals surface area contributed by atoms with Crippen LogP contribution in [0, 0.1) is 11.3 Å². The lowest BCUT2D eigenvalue weighted by Crippen LogP contribution is -2.38. The molecule has 5 heteroatoms. The van der Waals surface area contributed by atoms with Gasteiger partial charge in [-0.3, -0.25) is 4.90 Å². The highest BCUT2D eigenvalue weighted by molar-refractivity contribution is 5.74. The smallest absolute Gasteiger partial charge is 0.306 e. The third-order valence-electron chi connectivity index (χ3n) is 3.23. The highest BCUT2D eigenvalue weighted by Gasteiger charge is 2.22. The molecule has 94 valence electrons. The van der Waals surface area contributed by atoms with Gasteiger partial charge in [-0.15, -0.1) is 0 Å². The average molecular weight is 244 g/mol. The summed E-state index contributed by atoms with van der Waals surface area (Å²) in [6.07, 6.45) is 0. The van der Waals surface area contributed by atoms with E-state index in [0.717, 1.165) is 16.6 Å². The second-order valence-electron chi connectivity index (χ2n) is 4.99. The van der Waals surface area contributed by atoms with E-state index in [1.807, 2.05) is 44.0 Å². The highest BCUT2D eigenvalue weighted by atomic mass is 16.1. The van der Waals surface area contributed by atoms with Gasteiger partial charge in [-0.05, 0) is 38.6 Å². The number of benzene rings is 1. The number of H-pyrrole nitrogens is 2. The van der Waals surface area contributed by atoms with Crippen LogP contribution >= 0.6 is 0 Å². The first kappa shape index (κ1) is 12.4. The molecule has 0 amide bonds. The van der Waals surface area contributed by atoms with Crippen LogP contribution in [0.2, 0.25) is 0 Å². The highest BCUT2D eigenvalue weighted by Crippen LogP contribution is 2.17. The predicted molar refractivity (Wildman–Crippen MR) is 70.1 cm³/mol. The number of fused-ring (bicyclic) bond motifs is 1. The van der Waals surface area contributed by atoms with Crippen LogP contribution in [0.5, 0.6) is 0 Å². The van der Waals surface area contributed by atoms with Crippen molar-refractivity contribution in [1.29, 1.82) is 5.26 Å². The van der Waals surface area contributed by atoms with Crippen molar-refractivity contribution in [2.24, 2.45) is 0 Å². The summed E-state index contributed by atoms with van der Waals surface area (Å²) in [5, 5.41) is 9.07. The van der Waals surface area contributed by atoms with Crippen molar-refractivity contribution in [3.63, 3.8) is 0 Å². The predicted octanol–water partition coefficient (Wildman–Crippen LogP) is 1.59. The Balaban J connectivity index is 2.27. The van der Waals surface area contributed by atoms with Gasteiger partial charge in [0, 0.05) is 6.54 Å². The van der Waals surface area contributed by atoms with Gasteiger partial charge in [-0.2, -0.15) is 5.26 Å². The van der Waals surface area contributed by atoms with Crippen LogP contribution < -0.4 is 5.69 Å². The zero-order chi connectivity index (χ0) is 13.3. The minimum Gasteiger partial charge on any atom is -0.306 e. The van der Waals surface area contributed by atoms with Gasteiger partial charge in [0.25, 0.3) is 0 Å². The minimum absolute atomic E-state index is 0.201. The third kappa shape index (κ3) is 2.29. The van der Waals surface area contributed by atoms with Gasteiger partial charge < -0.3 is 9.97 Å². The largest absolute Gasteiger partial charge is 0.323 e. The first-order valence-electron chi connectivity index (χ1n) is 5.76. The fourth-order valence-electron chi connectivity index (χ4n) is 1.73. The zero-order valence-electron chi connectivity index (χ0n) is 10.7. The Hall–Kier alpha value is -2.06. The second-order valence-corrected chi connectivity index (χ2v) is 4.99. The molecule has 0 saturated heterocycles. The lowest BCUT2D eigenvalue weighted by molar-refractivity contribution is 0.203. The molecule has 0 saturated carbocycles. The van der Waals surface area contributed by atoms with Crippen LogP contribution in [0.1, 0.15) is 19.4 Å². The van der Waals surface area contributed by atoms with Gasteiger partial charge in [0.1, 0.15) is 5.54 Å². The maximum atomic E-state index is 11.2. The lowest BCUT2D eigenvalue weighted by atomic mass is 10.0. The quantitative estimate of drug-likeness (QED) is 0.860. The van der Waals surface area contributed by atoms with E-state index in [1.165, 1.54) is 0 Å². The van der Waals surface area contributed by atoms with Crippen LogP contribution in [0.3, 0.4) is 0 Å². The van der Waals surface area contributed by atoms with Crippen LogP contribution in [-0.4, -0.2) is 27.5 Å². The number of imidazole rings is 1. The van der Waals surface area contributed by atoms with Crippen LogP contribution in [0.4, 0.5) is 0 Å². The average Bonchev–Trinajstić information content (AvgIpc) is 2.68.